The molecule has 92 valence electrons. The minimum absolute atomic E-state index is 0.0630. The maximum Gasteiger partial charge on any atom is 0.155 e. The fourth-order valence-electron chi connectivity index (χ4n) is 2.12. The van der Waals surface area contributed by atoms with Gasteiger partial charge in [-0.1, -0.05) is 37.0 Å². The van der Waals surface area contributed by atoms with E-state index in [9.17, 15) is 9.90 Å². The van der Waals surface area contributed by atoms with Gasteiger partial charge in [0.1, 0.15) is 5.60 Å². The smallest absolute Gasteiger partial charge is 0.155 e. The molecular weight excluding hydrogens is 224 g/mol. The first kappa shape index (κ1) is 12.6. The molecule has 1 aliphatic rings. The van der Waals surface area contributed by atoms with Crippen LogP contribution < -0.4 is 0 Å². The summed E-state index contributed by atoms with van der Waals surface area (Å²) in [5, 5.41) is 10.5. The van der Waals surface area contributed by atoms with Crippen molar-refractivity contribution in [3.63, 3.8) is 0 Å². The molecule has 0 bridgehead atoms. The standard InChI is InChI=1S/C16H16O2/c1-2-14-12-15(17)9-11-16(14,18)10-8-13-6-4-3-5-7-13/h3-7,9,11,14,18H,2,12H2,1H3/t14-,16-/m0/s1. The van der Waals surface area contributed by atoms with Gasteiger partial charge in [-0.05, 0) is 30.7 Å². The van der Waals surface area contributed by atoms with E-state index in [4.69, 9.17) is 0 Å². The van der Waals surface area contributed by atoms with Crippen LogP contribution in [0.2, 0.25) is 0 Å². The third kappa shape index (κ3) is 2.69. The maximum absolute atomic E-state index is 11.3. The van der Waals surface area contributed by atoms with Gasteiger partial charge in [-0.15, -0.1) is 0 Å². The predicted molar refractivity (Wildman–Crippen MR) is 70.8 cm³/mol. The Balaban J connectivity index is 2.29. The average Bonchev–Trinajstić information content (AvgIpc) is 2.41. The zero-order chi connectivity index (χ0) is 13.0. The molecule has 0 spiro atoms. The van der Waals surface area contributed by atoms with Gasteiger partial charge >= 0.3 is 0 Å². The van der Waals surface area contributed by atoms with Crippen LogP contribution in [0.4, 0.5) is 0 Å². The second-order valence-electron chi connectivity index (χ2n) is 4.55. The lowest BCUT2D eigenvalue weighted by Gasteiger charge is -2.30. The highest BCUT2D eigenvalue weighted by atomic mass is 16.3. The highest BCUT2D eigenvalue weighted by Crippen LogP contribution is 2.29. The summed E-state index contributed by atoms with van der Waals surface area (Å²) in [4.78, 5) is 11.3. The van der Waals surface area contributed by atoms with Crippen molar-refractivity contribution in [2.24, 2.45) is 5.92 Å². The first-order valence-electron chi connectivity index (χ1n) is 6.16. The van der Waals surface area contributed by atoms with E-state index in [0.29, 0.717) is 6.42 Å². The van der Waals surface area contributed by atoms with Crippen LogP contribution in [0, 0.1) is 17.8 Å². The number of hydrogen-bond donors (Lipinski definition) is 1. The molecule has 0 unspecified atom stereocenters. The molecule has 0 aromatic heterocycles. The van der Waals surface area contributed by atoms with Crippen LogP contribution in [-0.4, -0.2) is 16.5 Å². The van der Waals surface area contributed by atoms with Crippen molar-refractivity contribution < 1.29 is 9.90 Å². The zero-order valence-corrected chi connectivity index (χ0v) is 10.4. The molecule has 0 fully saturated rings. The van der Waals surface area contributed by atoms with Gasteiger partial charge in [-0.25, -0.2) is 0 Å². The van der Waals surface area contributed by atoms with Crippen molar-refractivity contribution in [3.8, 4) is 11.8 Å². The molecule has 1 aromatic carbocycles. The topological polar surface area (TPSA) is 37.3 Å². The van der Waals surface area contributed by atoms with E-state index in [1.54, 1.807) is 0 Å². The van der Waals surface area contributed by atoms with Crippen LogP contribution in [-0.2, 0) is 4.79 Å². The van der Waals surface area contributed by atoms with Gasteiger partial charge in [0.25, 0.3) is 0 Å². The third-order valence-corrected chi connectivity index (χ3v) is 3.27. The summed E-state index contributed by atoms with van der Waals surface area (Å²) in [5.41, 5.74) is -0.315. The molecule has 0 radical (unpaired) electrons. The largest absolute Gasteiger partial charge is 0.374 e. The predicted octanol–water partition coefficient (Wildman–Crippen LogP) is 2.32. The van der Waals surface area contributed by atoms with Crippen LogP contribution in [0.5, 0.6) is 0 Å². The Kier molecular flexibility index (Phi) is 3.64. The number of ketones is 1. The SMILES string of the molecule is CC[C@H]1CC(=O)C=C[C@@]1(O)C#Cc1ccccc1. The molecule has 2 nitrogen and oxygen atoms in total. The van der Waals surface area contributed by atoms with E-state index >= 15 is 0 Å². The first-order valence-corrected chi connectivity index (χ1v) is 6.16. The molecule has 0 aliphatic heterocycles. The lowest BCUT2D eigenvalue weighted by Crippen LogP contribution is -2.38. The molecular formula is C16H16O2. The number of hydrogen-bond acceptors (Lipinski definition) is 2. The number of benzene rings is 1. The number of aliphatic hydroxyl groups is 1. The van der Waals surface area contributed by atoms with E-state index in [0.717, 1.165) is 12.0 Å². The summed E-state index contributed by atoms with van der Waals surface area (Å²) in [6.45, 7) is 1.96. The molecule has 1 N–H and O–H groups in total. The number of carbonyl (C=O) groups excluding carboxylic acids is 1. The summed E-state index contributed by atoms with van der Waals surface area (Å²) in [7, 11) is 0. The van der Waals surface area contributed by atoms with Crippen LogP contribution >= 0.6 is 0 Å². The normalized spacial score (nSPS) is 26.6. The quantitative estimate of drug-likeness (QED) is 0.765. The molecule has 0 saturated heterocycles. The van der Waals surface area contributed by atoms with Crippen LogP contribution in [0.3, 0.4) is 0 Å². The molecule has 1 aromatic rings. The molecule has 1 aliphatic carbocycles. The summed E-state index contributed by atoms with van der Waals surface area (Å²) < 4.78 is 0. The Morgan fingerprint density at radius 3 is 2.78 bits per heavy atom. The highest BCUT2D eigenvalue weighted by Gasteiger charge is 2.35. The minimum Gasteiger partial charge on any atom is -0.374 e. The molecule has 2 rings (SSSR count). The number of rotatable bonds is 1. The van der Waals surface area contributed by atoms with Crippen LogP contribution in [0.25, 0.3) is 0 Å². The molecule has 18 heavy (non-hydrogen) atoms. The Hall–Kier alpha value is -1.85. The Labute approximate surface area is 107 Å². The van der Waals surface area contributed by atoms with E-state index in [1.807, 2.05) is 37.3 Å². The van der Waals surface area contributed by atoms with Crippen molar-refractivity contribution in [1.82, 2.24) is 0 Å². The average molecular weight is 240 g/mol. The molecule has 2 heteroatoms. The van der Waals surface area contributed by atoms with Crippen molar-refractivity contribution in [2.75, 3.05) is 0 Å². The number of allylic oxidation sites excluding steroid dienone is 1. The van der Waals surface area contributed by atoms with Crippen molar-refractivity contribution in [2.45, 2.75) is 25.4 Å². The lowest BCUT2D eigenvalue weighted by atomic mass is 9.78. The van der Waals surface area contributed by atoms with Gasteiger partial charge in [-0.3, -0.25) is 4.79 Å². The number of carbonyl (C=O) groups is 1. The van der Waals surface area contributed by atoms with Gasteiger partial charge in [0.05, 0.1) is 0 Å². The Morgan fingerprint density at radius 2 is 2.11 bits per heavy atom. The van der Waals surface area contributed by atoms with Gasteiger partial charge in [-0.2, -0.15) is 0 Å². The highest BCUT2D eigenvalue weighted by molar-refractivity contribution is 5.91. The summed E-state index contributed by atoms with van der Waals surface area (Å²) in [6.07, 6.45) is 4.07. The Bertz CT molecular complexity index is 519. The van der Waals surface area contributed by atoms with Gasteiger partial charge in [0.15, 0.2) is 5.78 Å². The van der Waals surface area contributed by atoms with Crippen LogP contribution in [0.1, 0.15) is 25.3 Å². The van der Waals surface area contributed by atoms with E-state index < -0.39 is 5.60 Å². The van der Waals surface area contributed by atoms with E-state index in [2.05, 4.69) is 11.8 Å². The molecule has 2 atom stereocenters. The first-order chi connectivity index (χ1) is 8.64. The maximum atomic E-state index is 11.3. The second kappa shape index (κ2) is 5.20. The minimum atomic E-state index is -1.18. The second-order valence-corrected chi connectivity index (χ2v) is 4.55. The summed E-state index contributed by atoms with van der Waals surface area (Å²) in [5.74, 6) is 5.82. The summed E-state index contributed by atoms with van der Waals surface area (Å²) >= 11 is 0. The van der Waals surface area contributed by atoms with Crippen molar-refractivity contribution >= 4 is 5.78 Å². The molecule has 0 amide bonds. The monoisotopic (exact) mass is 240 g/mol. The lowest BCUT2D eigenvalue weighted by molar-refractivity contribution is -0.117. The van der Waals surface area contributed by atoms with Gasteiger partial charge in [0.2, 0.25) is 0 Å². The van der Waals surface area contributed by atoms with Crippen molar-refractivity contribution in [1.29, 1.82) is 0 Å². The Morgan fingerprint density at radius 1 is 1.39 bits per heavy atom. The molecule has 0 saturated carbocycles. The van der Waals surface area contributed by atoms with Gasteiger partial charge < -0.3 is 5.11 Å². The fourth-order valence-corrected chi connectivity index (χ4v) is 2.12. The third-order valence-electron chi connectivity index (χ3n) is 3.27. The van der Waals surface area contributed by atoms with E-state index in [1.165, 1.54) is 12.2 Å². The molecule has 0 heterocycles. The van der Waals surface area contributed by atoms with Crippen LogP contribution in [0.15, 0.2) is 42.5 Å². The zero-order valence-electron chi connectivity index (χ0n) is 10.4. The van der Waals surface area contributed by atoms with Gasteiger partial charge in [0, 0.05) is 17.9 Å². The van der Waals surface area contributed by atoms with Crippen molar-refractivity contribution in [3.05, 3.63) is 48.0 Å². The van der Waals surface area contributed by atoms with E-state index in [-0.39, 0.29) is 11.7 Å². The fraction of sp³-hybridized carbons (Fsp3) is 0.312. The summed E-state index contributed by atoms with van der Waals surface area (Å²) in [6, 6.07) is 9.54.